The highest BCUT2D eigenvalue weighted by Gasteiger charge is 2.27. The quantitative estimate of drug-likeness (QED) is 0.236. The summed E-state index contributed by atoms with van der Waals surface area (Å²) in [5.74, 6) is 0.820. The summed E-state index contributed by atoms with van der Waals surface area (Å²) in [5.41, 5.74) is 10.7. The number of aromatic nitrogens is 4. The monoisotopic (exact) mass is 462 g/mol. The highest BCUT2D eigenvalue weighted by Crippen LogP contribution is 2.42. The molecule has 0 aromatic carbocycles. The smallest absolute Gasteiger partial charge is 0.254 e. The Bertz CT molecular complexity index is 1400. The first-order valence-corrected chi connectivity index (χ1v) is 11.0. The van der Waals surface area contributed by atoms with Crippen LogP contribution in [0.3, 0.4) is 0 Å². The van der Waals surface area contributed by atoms with E-state index in [1.54, 1.807) is 18.5 Å². The van der Waals surface area contributed by atoms with Gasteiger partial charge in [0, 0.05) is 29.8 Å². The first-order valence-electron chi connectivity index (χ1n) is 10.6. The van der Waals surface area contributed by atoms with Crippen molar-refractivity contribution in [3.05, 3.63) is 76.7 Å². The first kappa shape index (κ1) is 21.0. The fourth-order valence-corrected chi connectivity index (χ4v) is 3.97. The van der Waals surface area contributed by atoms with Crippen LogP contribution < -0.4 is 16.4 Å². The fraction of sp³-hybridized carbons (Fsp3) is 0.217. The number of hydrogen-bond donors (Lipinski definition) is 4. The third-order valence-corrected chi connectivity index (χ3v) is 5.93. The minimum absolute atomic E-state index is 0.193. The van der Waals surface area contributed by atoms with E-state index in [9.17, 15) is 4.79 Å². The average Bonchev–Trinajstić information content (AvgIpc) is 3.43. The van der Waals surface area contributed by atoms with Crippen LogP contribution in [0.4, 0.5) is 5.82 Å². The molecule has 5 rings (SSSR count). The van der Waals surface area contributed by atoms with Crippen molar-refractivity contribution in [1.29, 1.82) is 5.41 Å². The van der Waals surface area contributed by atoms with E-state index in [0.29, 0.717) is 29.0 Å². The van der Waals surface area contributed by atoms with Crippen LogP contribution in [0.1, 0.15) is 35.7 Å². The summed E-state index contributed by atoms with van der Waals surface area (Å²) in [6.07, 6.45) is 10.3. The average molecular weight is 463 g/mol. The van der Waals surface area contributed by atoms with Gasteiger partial charge in [-0.3, -0.25) is 9.20 Å². The van der Waals surface area contributed by atoms with E-state index in [4.69, 9.17) is 27.7 Å². The molecular formula is C23H23ClN8O. The number of nitrogens with one attached hydrogen (secondary N) is 3. The SMILES string of the molecule is N=C/C(=C\NCc1cn2c(N)ccc(C3CC3)c2n1)C(=O)NCc1ncn2ccc(Cl)cc12. The third-order valence-electron chi connectivity index (χ3n) is 5.70. The van der Waals surface area contributed by atoms with Crippen LogP contribution in [-0.4, -0.2) is 30.9 Å². The summed E-state index contributed by atoms with van der Waals surface area (Å²) < 4.78 is 3.73. The van der Waals surface area contributed by atoms with Crippen LogP contribution >= 0.6 is 11.6 Å². The predicted molar refractivity (Wildman–Crippen MR) is 127 cm³/mol. The number of imidazole rings is 2. The van der Waals surface area contributed by atoms with Gasteiger partial charge in [0.05, 0.1) is 41.9 Å². The van der Waals surface area contributed by atoms with Gasteiger partial charge in [-0.1, -0.05) is 17.7 Å². The molecule has 4 heterocycles. The summed E-state index contributed by atoms with van der Waals surface area (Å²) in [7, 11) is 0. The summed E-state index contributed by atoms with van der Waals surface area (Å²) in [4.78, 5) is 21.6. The van der Waals surface area contributed by atoms with Gasteiger partial charge in [-0.15, -0.1) is 0 Å². The van der Waals surface area contributed by atoms with E-state index in [0.717, 1.165) is 23.1 Å². The van der Waals surface area contributed by atoms with Gasteiger partial charge in [0.1, 0.15) is 11.5 Å². The van der Waals surface area contributed by atoms with E-state index in [-0.39, 0.29) is 18.0 Å². The number of nitrogens with zero attached hydrogens (tertiary/aromatic N) is 4. The molecule has 4 aromatic heterocycles. The van der Waals surface area contributed by atoms with Crippen molar-refractivity contribution < 1.29 is 4.79 Å². The lowest BCUT2D eigenvalue weighted by atomic mass is 10.2. The number of halogens is 1. The Morgan fingerprint density at radius 3 is 2.94 bits per heavy atom. The number of amides is 1. The zero-order valence-electron chi connectivity index (χ0n) is 17.8. The zero-order valence-corrected chi connectivity index (χ0v) is 18.5. The Morgan fingerprint density at radius 2 is 2.15 bits per heavy atom. The molecule has 0 spiro atoms. The number of hydrogen-bond acceptors (Lipinski definition) is 6. The van der Waals surface area contributed by atoms with Gasteiger partial charge in [0.15, 0.2) is 0 Å². The minimum Gasteiger partial charge on any atom is -0.385 e. The highest BCUT2D eigenvalue weighted by atomic mass is 35.5. The molecule has 1 aliphatic rings. The number of anilines is 1. The van der Waals surface area contributed by atoms with E-state index in [2.05, 4.69) is 21.7 Å². The molecule has 0 unspecified atom stereocenters. The molecule has 0 atom stereocenters. The van der Waals surface area contributed by atoms with Crippen molar-refractivity contribution >= 4 is 40.7 Å². The molecule has 0 aliphatic heterocycles. The summed E-state index contributed by atoms with van der Waals surface area (Å²) in [6, 6.07) is 7.53. The lowest BCUT2D eigenvalue weighted by molar-refractivity contribution is -0.117. The predicted octanol–water partition coefficient (Wildman–Crippen LogP) is 3.03. The van der Waals surface area contributed by atoms with Crippen molar-refractivity contribution in [2.24, 2.45) is 0 Å². The molecule has 1 aliphatic carbocycles. The molecular weight excluding hydrogens is 440 g/mol. The van der Waals surface area contributed by atoms with Gasteiger partial charge in [0.25, 0.3) is 5.91 Å². The fourth-order valence-electron chi connectivity index (χ4n) is 3.81. The van der Waals surface area contributed by atoms with Crippen LogP contribution in [-0.2, 0) is 17.9 Å². The first-order chi connectivity index (χ1) is 16.0. The van der Waals surface area contributed by atoms with Crippen molar-refractivity contribution in [3.63, 3.8) is 0 Å². The van der Waals surface area contributed by atoms with Crippen molar-refractivity contribution in [2.75, 3.05) is 5.73 Å². The van der Waals surface area contributed by atoms with E-state index >= 15 is 0 Å². The Kier molecular flexibility index (Phi) is 5.47. The molecule has 1 saturated carbocycles. The lowest BCUT2D eigenvalue weighted by Gasteiger charge is -2.05. The van der Waals surface area contributed by atoms with Crippen LogP contribution in [0.5, 0.6) is 0 Å². The topological polar surface area (TPSA) is 126 Å². The maximum Gasteiger partial charge on any atom is 0.254 e. The molecule has 9 nitrogen and oxygen atoms in total. The molecule has 10 heteroatoms. The molecule has 33 heavy (non-hydrogen) atoms. The molecule has 1 fully saturated rings. The van der Waals surface area contributed by atoms with Crippen LogP contribution in [0, 0.1) is 5.41 Å². The van der Waals surface area contributed by atoms with Gasteiger partial charge < -0.3 is 26.2 Å². The minimum atomic E-state index is -0.379. The van der Waals surface area contributed by atoms with Crippen LogP contribution in [0.15, 0.2) is 54.8 Å². The van der Waals surface area contributed by atoms with E-state index in [1.807, 2.05) is 27.3 Å². The second-order valence-electron chi connectivity index (χ2n) is 8.05. The van der Waals surface area contributed by atoms with Gasteiger partial charge >= 0.3 is 0 Å². The molecule has 0 saturated heterocycles. The second kappa shape index (κ2) is 8.59. The number of pyridine rings is 2. The lowest BCUT2D eigenvalue weighted by Crippen LogP contribution is -2.26. The van der Waals surface area contributed by atoms with Crippen molar-refractivity contribution in [3.8, 4) is 0 Å². The maximum absolute atomic E-state index is 12.6. The molecule has 168 valence electrons. The van der Waals surface area contributed by atoms with E-state index < -0.39 is 0 Å². The summed E-state index contributed by atoms with van der Waals surface area (Å²) in [6.45, 7) is 0.622. The van der Waals surface area contributed by atoms with Gasteiger partial charge in [-0.25, -0.2) is 9.97 Å². The normalized spacial score (nSPS) is 14.0. The summed E-state index contributed by atoms with van der Waals surface area (Å²) in [5, 5.41) is 14.1. The number of nitrogen functional groups attached to an aromatic ring is 1. The van der Waals surface area contributed by atoms with Gasteiger partial charge in [-0.2, -0.15) is 0 Å². The van der Waals surface area contributed by atoms with Crippen molar-refractivity contribution in [1.82, 2.24) is 29.4 Å². The van der Waals surface area contributed by atoms with E-state index in [1.165, 1.54) is 24.6 Å². The largest absolute Gasteiger partial charge is 0.385 e. The van der Waals surface area contributed by atoms with Crippen molar-refractivity contribution in [2.45, 2.75) is 31.8 Å². The molecule has 1 amide bonds. The molecule has 0 radical (unpaired) electrons. The Hall–Kier alpha value is -3.85. The third kappa shape index (κ3) is 4.27. The molecule has 0 bridgehead atoms. The number of carbonyl (C=O) groups excluding carboxylic acids is 1. The number of fused-ring (bicyclic) bond motifs is 2. The highest BCUT2D eigenvalue weighted by molar-refractivity contribution is 6.30. The Labute approximate surface area is 194 Å². The summed E-state index contributed by atoms with van der Waals surface area (Å²) >= 11 is 6.06. The molecule has 4 aromatic rings. The van der Waals surface area contributed by atoms with Gasteiger partial charge in [0.2, 0.25) is 0 Å². The molecule has 5 N–H and O–H groups in total. The Balaban J connectivity index is 1.24. The van der Waals surface area contributed by atoms with Crippen LogP contribution in [0.2, 0.25) is 5.02 Å². The Morgan fingerprint density at radius 1 is 1.30 bits per heavy atom. The zero-order chi connectivity index (χ0) is 22.9. The number of carbonyl (C=O) groups is 1. The number of rotatable bonds is 8. The standard InChI is InChI=1S/C23H23ClN8O/c24-16-5-6-31-13-29-19(20(31)7-16)11-28-23(33)15(8-25)9-27-10-17-12-32-21(26)4-3-18(14-1-2-14)22(32)30-17/h3-9,12-14,25,27H,1-2,10-11,26H2,(H,28,33)/b15-9+,25-8?. The van der Waals surface area contributed by atoms with Gasteiger partial charge in [-0.05, 0) is 42.5 Å². The van der Waals surface area contributed by atoms with Crippen LogP contribution in [0.25, 0.3) is 11.2 Å². The number of nitrogens with two attached hydrogens (primary N) is 1. The maximum atomic E-state index is 12.6. The second-order valence-corrected chi connectivity index (χ2v) is 8.49.